The van der Waals surface area contributed by atoms with Crippen LogP contribution in [0.5, 0.6) is 11.5 Å². The Kier molecular flexibility index (Phi) is 20.3. The standard InChI is InChI=1S/C72H86N8O20/c1-69(2)91-39-49(95-69)53-55(57-67(93-53)99-71(5,6)97-57)89-37-33-85-29-25-81-23-27-83-31-35-87-47-21-22-48(88-36-32-84-28-24-82-26-30-86-34-38-90-56-54(50-40-92-70(3,4)96-50)94-68-58(56)98-72(7,8)100-68)52-51(47)65-78-63-45-19-13-11-17-43(45)61(76-63)74-59-41-15-9-10-16-42(41)60(73-59)75-62-44-18-12-14-20-46(44)64(77-62)79-66(52)80-65/h9-22,49-50,53-58,67-68H,23-40H2,1-8H3,(H2,73,74,75,76,77,78,79,80)/t49-,50-,53+,54+,55-,56-,57+,58+,67+,68+/m0/s1. The highest BCUT2D eigenvalue weighted by atomic mass is 16.9. The Morgan fingerprint density at radius 1 is 0.350 bits per heavy atom. The number of rotatable bonds is 30. The van der Waals surface area contributed by atoms with Gasteiger partial charge in [-0.25, -0.2) is 29.9 Å². The lowest BCUT2D eigenvalue weighted by atomic mass is 10.1. The lowest BCUT2D eigenvalue weighted by Crippen LogP contribution is -2.44. The Morgan fingerprint density at radius 2 is 0.680 bits per heavy atom. The predicted molar refractivity (Wildman–Crippen MR) is 359 cm³/mol. The smallest absolute Gasteiger partial charge is 0.190 e. The summed E-state index contributed by atoms with van der Waals surface area (Å²) < 4.78 is 122. The van der Waals surface area contributed by atoms with E-state index in [0.717, 1.165) is 32.7 Å². The highest BCUT2D eigenvalue weighted by molar-refractivity contribution is 6.06. The normalized spacial score (nSPS) is 25.8. The quantitative estimate of drug-likeness (QED) is 0.0398. The molecule has 6 fully saturated rings. The fraction of sp³-hybridized carbons (Fsp3) is 0.556. The van der Waals surface area contributed by atoms with Crippen molar-refractivity contribution in [3.8, 4) is 57.1 Å². The molecule has 10 atom stereocenters. The summed E-state index contributed by atoms with van der Waals surface area (Å²) in [7, 11) is 0. The summed E-state index contributed by atoms with van der Waals surface area (Å²) in [6.07, 6.45) is -4.32. The highest BCUT2D eigenvalue weighted by Crippen LogP contribution is 2.48. The van der Waals surface area contributed by atoms with Crippen molar-refractivity contribution in [3.63, 3.8) is 0 Å². The second-order valence-corrected chi connectivity index (χ2v) is 27.0. The summed E-state index contributed by atoms with van der Waals surface area (Å²) >= 11 is 0. The lowest BCUT2D eigenvalue weighted by molar-refractivity contribution is -0.236. The molecule has 0 amide bonds. The Labute approximate surface area is 577 Å². The van der Waals surface area contributed by atoms with Gasteiger partial charge in [0, 0.05) is 32.7 Å². The van der Waals surface area contributed by atoms with Crippen LogP contribution < -0.4 is 9.47 Å². The Balaban J connectivity index is 0.589. The van der Waals surface area contributed by atoms with E-state index in [2.05, 4.69) is 9.97 Å². The molecule has 534 valence electrons. The summed E-state index contributed by atoms with van der Waals surface area (Å²) in [5.41, 5.74) is 5.02. The third-order valence-corrected chi connectivity index (χ3v) is 18.0. The van der Waals surface area contributed by atoms with E-state index in [-0.39, 0.29) is 38.6 Å². The van der Waals surface area contributed by atoms with Gasteiger partial charge >= 0.3 is 0 Å². The van der Waals surface area contributed by atoms with Crippen molar-refractivity contribution in [2.24, 2.45) is 0 Å². The molecule has 0 spiro atoms. The first kappa shape index (κ1) is 68.9. The average molecular weight is 1380 g/mol. The third kappa shape index (κ3) is 15.1. The van der Waals surface area contributed by atoms with Crippen LogP contribution in [-0.4, -0.2) is 243 Å². The van der Waals surface area contributed by atoms with Gasteiger partial charge in [0.05, 0.1) is 117 Å². The van der Waals surface area contributed by atoms with Gasteiger partial charge < -0.3 is 105 Å². The van der Waals surface area contributed by atoms with Gasteiger partial charge in [-0.2, -0.15) is 0 Å². The van der Waals surface area contributed by atoms with Crippen LogP contribution in [0.3, 0.4) is 0 Å². The van der Waals surface area contributed by atoms with Crippen LogP contribution in [0.4, 0.5) is 0 Å². The Morgan fingerprint density at radius 3 is 1.04 bits per heavy atom. The van der Waals surface area contributed by atoms with Crippen LogP contribution in [0.25, 0.3) is 89.7 Å². The monoisotopic (exact) mass is 1380 g/mol. The first-order chi connectivity index (χ1) is 48.5. The molecule has 8 bridgehead atoms. The summed E-state index contributed by atoms with van der Waals surface area (Å²) in [4.78, 5) is 38.2. The van der Waals surface area contributed by atoms with Crippen LogP contribution in [-0.2, 0) is 85.3 Å². The van der Waals surface area contributed by atoms with Gasteiger partial charge in [-0.3, -0.25) is 0 Å². The van der Waals surface area contributed by atoms with Gasteiger partial charge in [0.15, 0.2) is 59.0 Å². The molecule has 28 nitrogen and oxygen atoms in total. The molecule has 2 N–H and O–H groups in total. The molecular formula is C72H86N8O20. The van der Waals surface area contributed by atoms with Crippen molar-refractivity contribution in [1.82, 2.24) is 39.9 Å². The molecule has 11 heterocycles. The minimum atomic E-state index is -0.794. The maximum atomic E-state index is 6.62. The van der Waals surface area contributed by atoms with E-state index in [1.54, 1.807) is 0 Å². The number of nitrogens with zero attached hydrogens (tertiary/aromatic N) is 6. The largest absolute Gasteiger partial charge is 0.490 e. The van der Waals surface area contributed by atoms with Crippen LogP contribution in [0.1, 0.15) is 55.4 Å². The molecule has 7 aromatic rings. The number of hydrogen-bond donors (Lipinski definition) is 2. The van der Waals surface area contributed by atoms with Crippen molar-refractivity contribution < 1.29 is 94.7 Å². The topological polar surface area (TPSA) is 294 Å². The zero-order valence-electron chi connectivity index (χ0n) is 57.4. The predicted octanol–water partition coefficient (Wildman–Crippen LogP) is 8.55. The fourth-order valence-corrected chi connectivity index (χ4v) is 13.7. The van der Waals surface area contributed by atoms with Crippen LogP contribution >= 0.6 is 0 Å². The maximum Gasteiger partial charge on any atom is 0.190 e. The lowest BCUT2D eigenvalue weighted by Gasteiger charge is -2.29. The van der Waals surface area contributed by atoms with Crippen molar-refractivity contribution in [3.05, 3.63) is 84.9 Å². The molecular weight excluding hydrogens is 1300 g/mol. The first-order valence-electron chi connectivity index (χ1n) is 34.4. The van der Waals surface area contributed by atoms with Gasteiger partial charge in [0.1, 0.15) is 96.1 Å². The first-order valence-corrected chi connectivity index (χ1v) is 34.4. The second-order valence-electron chi connectivity index (χ2n) is 27.0. The van der Waals surface area contributed by atoms with Crippen molar-refractivity contribution >= 4 is 44.1 Å². The number of H-pyrrole nitrogens is 2. The highest BCUT2D eigenvalue weighted by Gasteiger charge is 2.60. The minimum absolute atomic E-state index is 0.184. The van der Waals surface area contributed by atoms with E-state index >= 15 is 0 Å². The Bertz CT molecular complexity index is 3950. The molecule has 0 unspecified atom stereocenters. The van der Waals surface area contributed by atoms with Gasteiger partial charge in [-0.1, -0.05) is 72.8 Å². The Hall–Kier alpha value is -6.88. The van der Waals surface area contributed by atoms with Gasteiger partial charge in [-0.05, 0) is 67.5 Å². The van der Waals surface area contributed by atoms with E-state index < -0.39 is 72.4 Å². The summed E-state index contributed by atoms with van der Waals surface area (Å²) in [6.45, 7) is 20.6. The number of hydrogen-bond acceptors (Lipinski definition) is 26. The van der Waals surface area contributed by atoms with Gasteiger partial charge in [-0.15, -0.1) is 0 Å². The number of fused-ring (bicyclic) bond motifs is 22. The molecule has 0 saturated carbocycles. The zero-order valence-corrected chi connectivity index (χ0v) is 57.4. The summed E-state index contributed by atoms with van der Waals surface area (Å²) in [5.74, 6) is -0.364. The molecule has 8 aliphatic heterocycles. The number of benzene rings is 4. The molecule has 100 heavy (non-hydrogen) atoms. The number of nitrogens with one attached hydrogen (secondary N) is 2. The van der Waals surface area contributed by atoms with Crippen molar-refractivity contribution in [2.75, 3.05) is 119 Å². The second kappa shape index (κ2) is 29.5. The zero-order chi connectivity index (χ0) is 68.6. The fourth-order valence-electron chi connectivity index (χ4n) is 13.7. The van der Waals surface area contributed by atoms with E-state index in [4.69, 9.17) is 125 Å². The number of ether oxygens (including phenoxy) is 20. The minimum Gasteiger partial charge on any atom is -0.490 e. The molecule has 0 radical (unpaired) electrons. The van der Waals surface area contributed by atoms with E-state index in [0.29, 0.717) is 161 Å². The SMILES string of the molecule is CC1(C)O[C@H]2O[C@H]([C@@H]3COC(C)(C)O3)[C@H](OCCOCCOCCOCCOc3ccc(OCCOCCOCCOCCO[C@@H]4[C@H]5OC(C)(C)O[C@H]5O[C@@H]4[C@@H]4COC(C)(C)O4)c4c3-c3nc-4nc4[nH]c(nc5nc(nc6[nH]c(n3)c3ccccc63)-c3ccccc3-5)c3ccccc43)[C@H]2O1. The number of aromatic nitrogens is 8. The molecule has 8 aliphatic rings. The third-order valence-electron chi connectivity index (χ3n) is 18.0. The van der Waals surface area contributed by atoms with Crippen LogP contribution in [0.2, 0.25) is 0 Å². The van der Waals surface area contributed by atoms with Crippen LogP contribution in [0, 0.1) is 0 Å². The molecule has 3 aromatic heterocycles. The summed E-state index contributed by atoms with van der Waals surface area (Å²) in [5, 5.41) is 3.32. The molecule has 6 saturated heterocycles. The average Bonchev–Trinajstić information content (AvgIpc) is 1.59. The van der Waals surface area contributed by atoms with E-state index in [9.17, 15) is 0 Å². The molecule has 4 aromatic carbocycles. The van der Waals surface area contributed by atoms with Gasteiger partial charge in [0.2, 0.25) is 0 Å². The maximum absolute atomic E-state index is 6.62. The van der Waals surface area contributed by atoms with Crippen LogP contribution in [0.15, 0.2) is 84.9 Å². The van der Waals surface area contributed by atoms with Gasteiger partial charge in [0.25, 0.3) is 0 Å². The summed E-state index contributed by atoms with van der Waals surface area (Å²) in [6, 6.07) is 27.5. The van der Waals surface area contributed by atoms with E-state index in [1.165, 1.54) is 0 Å². The molecule has 28 heteroatoms. The van der Waals surface area contributed by atoms with Crippen molar-refractivity contribution in [1.29, 1.82) is 0 Å². The van der Waals surface area contributed by atoms with Crippen molar-refractivity contribution in [2.45, 2.75) is 140 Å². The molecule has 0 aliphatic carbocycles. The van der Waals surface area contributed by atoms with E-state index in [1.807, 2.05) is 140 Å². The molecule has 15 rings (SSSR count). The number of aromatic amines is 2.